The number of methoxy groups -OCH3 is 1. The molecule has 1 aromatic rings. The van der Waals surface area contributed by atoms with E-state index in [1.807, 2.05) is 6.07 Å². The van der Waals surface area contributed by atoms with Crippen LogP contribution in [0.4, 0.5) is 5.82 Å². The van der Waals surface area contributed by atoms with Crippen molar-refractivity contribution in [3.05, 3.63) is 11.8 Å². The molecule has 0 aromatic carbocycles. The maximum Gasteiger partial charge on any atom is 0.251 e. The van der Waals surface area contributed by atoms with Crippen molar-refractivity contribution in [2.75, 3.05) is 32.2 Å². The number of rotatable bonds is 7. The number of carbonyl (C=O) groups excluding carboxylic acids is 1. The van der Waals surface area contributed by atoms with Crippen LogP contribution >= 0.6 is 0 Å². The molecule has 1 aromatic heterocycles. The first-order valence-corrected chi connectivity index (χ1v) is 7.71. The van der Waals surface area contributed by atoms with Crippen LogP contribution in [0.15, 0.2) is 6.07 Å². The molecule has 1 aliphatic carbocycles. The van der Waals surface area contributed by atoms with Crippen LogP contribution in [0.3, 0.4) is 0 Å². The highest BCUT2D eigenvalue weighted by Gasteiger charge is 2.17. The lowest BCUT2D eigenvalue weighted by Crippen LogP contribution is -2.19. The van der Waals surface area contributed by atoms with Gasteiger partial charge in [0.1, 0.15) is 6.61 Å². The minimum absolute atomic E-state index is 0.0228. The number of nitrogens with one attached hydrogen (secondary N) is 2. The van der Waals surface area contributed by atoms with Crippen molar-refractivity contribution in [2.24, 2.45) is 0 Å². The van der Waals surface area contributed by atoms with Crippen LogP contribution in [0, 0.1) is 0 Å². The maximum atomic E-state index is 11.7. The van der Waals surface area contributed by atoms with Gasteiger partial charge in [-0.25, -0.2) is 0 Å². The molecule has 6 heteroatoms. The lowest BCUT2D eigenvalue weighted by atomic mass is 9.97. The monoisotopic (exact) mass is 295 g/mol. The van der Waals surface area contributed by atoms with Crippen LogP contribution in [0.5, 0.6) is 0 Å². The first-order valence-electron chi connectivity index (χ1n) is 7.71. The van der Waals surface area contributed by atoms with E-state index in [2.05, 4.69) is 15.5 Å². The fourth-order valence-corrected chi connectivity index (χ4v) is 2.69. The summed E-state index contributed by atoms with van der Waals surface area (Å²) in [6.07, 6.45) is 7.61. The Kier molecular flexibility index (Phi) is 6.69. The summed E-state index contributed by atoms with van der Waals surface area (Å²) in [5.41, 5.74) is 1.13. The third kappa shape index (κ3) is 5.47. The topological polar surface area (TPSA) is 76.2 Å². The molecule has 21 heavy (non-hydrogen) atoms. The molecule has 1 amide bonds. The number of aromatic amines is 1. The number of nitrogens with zero attached hydrogens (tertiary/aromatic N) is 1. The van der Waals surface area contributed by atoms with Gasteiger partial charge in [-0.1, -0.05) is 25.7 Å². The summed E-state index contributed by atoms with van der Waals surface area (Å²) >= 11 is 0. The van der Waals surface area contributed by atoms with Gasteiger partial charge in [-0.15, -0.1) is 0 Å². The predicted molar refractivity (Wildman–Crippen MR) is 80.4 cm³/mol. The minimum atomic E-state index is -0.190. The van der Waals surface area contributed by atoms with E-state index < -0.39 is 0 Å². The summed E-state index contributed by atoms with van der Waals surface area (Å²) in [4.78, 5) is 11.7. The molecular weight excluding hydrogens is 270 g/mol. The first kappa shape index (κ1) is 16.0. The van der Waals surface area contributed by atoms with Crippen molar-refractivity contribution in [1.82, 2.24) is 10.2 Å². The summed E-state index contributed by atoms with van der Waals surface area (Å²) in [5.74, 6) is 0.934. The first-order chi connectivity index (χ1) is 10.3. The summed E-state index contributed by atoms with van der Waals surface area (Å²) in [6.45, 7) is 0.925. The second kappa shape index (κ2) is 8.79. The smallest absolute Gasteiger partial charge is 0.251 e. The largest absolute Gasteiger partial charge is 0.382 e. The molecule has 6 nitrogen and oxygen atoms in total. The van der Waals surface area contributed by atoms with Crippen LogP contribution in [-0.4, -0.2) is 43.0 Å². The highest BCUT2D eigenvalue weighted by Crippen LogP contribution is 2.31. The second-order valence-corrected chi connectivity index (χ2v) is 5.49. The third-order valence-corrected chi connectivity index (χ3v) is 3.83. The average Bonchev–Trinajstić information content (AvgIpc) is 2.76. The van der Waals surface area contributed by atoms with Crippen molar-refractivity contribution < 1.29 is 14.3 Å². The molecule has 0 spiro atoms. The van der Waals surface area contributed by atoms with E-state index in [1.54, 1.807) is 7.11 Å². The number of amides is 1. The van der Waals surface area contributed by atoms with Gasteiger partial charge < -0.3 is 14.8 Å². The van der Waals surface area contributed by atoms with Gasteiger partial charge >= 0.3 is 0 Å². The molecule has 118 valence electrons. The Balaban J connectivity index is 1.78. The Morgan fingerprint density at radius 1 is 1.33 bits per heavy atom. The number of carbonyl (C=O) groups is 1. The van der Waals surface area contributed by atoms with Gasteiger partial charge in [0.05, 0.1) is 13.2 Å². The number of hydrogen-bond acceptors (Lipinski definition) is 4. The third-order valence-electron chi connectivity index (χ3n) is 3.83. The Morgan fingerprint density at radius 3 is 2.81 bits per heavy atom. The molecular formula is C15H25N3O3. The molecule has 2 rings (SSSR count). The van der Waals surface area contributed by atoms with Gasteiger partial charge in [-0.05, 0) is 12.8 Å². The van der Waals surface area contributed by atoms with E-state index in [9.17, 15) is 4.79 Å². The molecule has 0 atom stereocenters. The molecule has 0 radical (unpaired) electrons. The summed E-state index contributed by atoms with van der Waals surface area (Å²) in [7, 11) is 1.60. The average molecular weight is 295 g/mol. The molecule has 0 bridgehead atoms. The number of hydrogen-bond donors (Lipinski definition) is 2. The number of aromatic nitrogens is 2. The molecule has 0 aliphatic heterocycles. The van der Waals surface area contributed by atoms with Crippen LogP contribution in [-0.2, 0) is 14.3 Å². The number of anilines is 1. The molecule has 1 fully saturated rings. The summed E-state index contributed by atoms with van der Waals surface area (Å²) in [5, 5.41) is 9.98. The Morgan fingerprint density at radius 2 is 2.10 bits per heavy atom. The van der Waals surface area contributed by atoms with Crippen molar-refractivity contribution in [3.8, 4) is 0 Å². The predicted octanol–water partition coefficient (Wildman–Crippen LogP) is 2.45. The van der Waals surface area contributed by atoms with Crippen LogP contribution < -0.4 is 5.32 Å². The summed E-state index contributed by atoms with van der Waals surface area (Å²) in [6, 6.07) is 1.95. The van der Waals surface area contributed by atoms with Crippen molar-refractivity contribution in [2.45, 2.75) is 44.4 Å². The van der Waals surface area contributed by atoms with Gasteiger partial charge in [0, 0.05) is 24.8 Å². The lowest BCUT2D eigenvalue weighted by molar-refractivity contribution is -0.121. The van der Waals surface area contributed by atoms with Crippen molar-refractivity contribution in [1.29, 1.82) is 0 Å². The molecule has 2 N–H and O–H groups in total. The van der Waals surface area contributed by atoms with Gasteiger partial charge in [-0.3, -0.25) is 9.89 Å². The highest BCUT2D eigenvalue weighted by molar-refractivity contribution is 5.90. The van der Waals surface area contributed by atoms with E-state index in [4.69, 9.17) is 9.47 Å². The normalized spacial score (nSPS) is 16.6. The Hall–Kier alpha value is -1.40. The molecule has 1 saturated carbocycles. The Bertz CT molecular complexity index is 426. The van der Waals surface area contributed by atoms with E-state index in [0.717, 1.165) is 5.69 Å². The second-order valence-electron chi connectivity index (χ2n) is 5.49. The number of ether oxygens (including phenoxy) is 2. The standard InChI is InChI=1S/C15H25N3O3/c1-20-8-9-21-11-15(19)16-14-10-13(17-18-14)12-6-4-2-3-5-7-12/h10,12H,2-9,11H2,1H3,(H2,16,17,18,19). The molecule has 1 heterocycles. The molecule has 0 unspecified atom stereocenters. The molecule has 0 saturated heterocycles. The van der Waals surface area contributed by atoms with Gasteiger partial charge in [0.15, 0.2) is 5.82 Å². The van der Waals surface area contributed by atoms with Crippen molar-refractivity contribution in [3.63, 3.8) is 0 Å². The van der Waals surface area contributed by atoms with E-state index in [-0.39, 0.29) is 12.5 Å². The fourth-order valence-electron chi connectivity index (χ4n) is 2.69. The molecule has 1 aliphatic rings. The van der Waals surface area contributed by atoms with E-state index in [0.29, 0.717) is 24.9 Å². The maximum absolute atomic E-state index is 11.7. The van der Waals surface area contributed by atoms with Gasteiger partial charge in [0.2, 0.25) is 0 Å². The zero-order valence-corrected chi connectivity index (χ0v) is 12.7. The highest BCUT2D eigenvalue weighted by atomic mass is 16.5. The quantitative estimate of drug-likeness (QED) is 0.598. The zero-order valence-electron chi connectivity index (χ0n) is 12.7. The van der Waals surface area contributed by atoms with Gasteiger partial charge in [-0.2, -0.15) is 5.10 Å². The minimum Gasteiger partial charge on any atom is -0.382 e. The van der Waals surface area contributed by atoms with Gasteiger partial charge in [0.25, 0.3) is 5.91 Å². The van der Waals surface area contributed by atoms with E-state index in [1.165, 1.54) is 38.5 Å². The zero-order chi connectivity index (χ0) is 14.9. The summed E-state index contributed by atoms with van der Waals surface area (Å²) < 4.78 is 10.0. The Labute approximate surface area is 125 Å². The van der Waals surface area contributed by atoms with Crippen LogP contribution in [0.1, 0.15) is 50.1 Å². The van der Waals surface area contributed by atoms with Crippen molar-refractivity contribution >= 4 is 11.7 Å². The fraction of sp³-hybridized carbons (Fsp3) is 0.733. The van der Waals surface area contributed by atoms with Crippen LogP contribution in [0.2, 0.25) is 0 Å². The number of H-pyrrole nitrogens is 1. The van der Waals surface area contributed by atoms with Crippen LogP contribution in [0.25, 0.3) is 0 Å². The lowest BCUT2D eigenvalue weighted by Gasteiger charge is -2.10. The SMILES string of the molecule is COCCOCC(=O)Nc1cc(C2CCCCCC2)[nH]n1. The van der Waals surface area contributed by atoms with E-state index >= 15 is 0 Å².